The summed E-state index contributed by atoms with van der Waals surface area (Å²) >= 11 is 0. The molecule has 2 rings (SSSR count). The summed E-state index contributed by atoms with van der Waals surface area (Å²) in [6, 6.07) is 6.62. The van der Waals surface area contributed by atoms with Gasteiger partial charge in [0.15, 0.2) is 0 Å². The second-order valence-corrected chi connectivity index (χ2v) is 6.12. The van der Waals surface area contributed by atoms with Crippen LogP contribution >= 0.6 is 0 Å². The molecule has 1 heterocycles. The average molecular weight is 316 g/mol. The topological polar surface area (TPSA) is 92.1 Å². The van der Waals surface area contributed by atoms with E-state index in [2.05, 4.69) is 9.97 Å². The number of amides is 1. The largest absolute Gasteiger partial charge is 0.334 e. The van der Waals surface area contributed by atoms with Crippen molar-refractivity contribution in [3.8, 4) is 0 Å². The first-order valence-electron chi connectivity index (χ1n) is 7.94. The van der Waals surface area contributed by atoms with Crippen molar-refractivity contribution in [2.24, 2.45) is 11.7 Å². The normalized spacial score (nSPS) is 12.6. The monoisotopic (exact) mass is 316 g/mol. The number of aromatic amines is 1. The molecular formula is C17H24N4O2. The molecule has 0 aliphatic heterocycles. The Morgan fingerprint density at radius 2 is 2.04 bits per heavy atom. The second kappa shape index (κ2) is 7.37. The maximum absolute atomic E-state index is 12.4. The average Bonchev–Trinajstić information content (AvgIpc) is 2.51. The fourth-order valence-electron chi connectivity index (χ4n) is 2.58. The number of aromatic nitrogens is 2. The summed E-state index contributed by atoms with van der Waals surface area (Å²) in [5.74, 6) is 0.712. The minimum Gasteiger partial charge on any atom is -0.334 e. The van der Waals surface area contributed by atoms with E-state index < -0.39 is 6.04 Å². The number of carbonyl (C=O) groups is 1. The molecule has 1 amide bonds. The lowest BCUT2D eigenvalue weighted by Crippen LogP contribution is -2.44. The van der Waals surface area contributed by atoms with Crippen LogP contribution in [0.15, 0.2) is 29.1 Å². The summed E-state index contributed by atoms with van der Waals surface area (Å²) in [7, 11) is 0. The lowest BCUT2D eigenvalue weighted by atomic mass is 10.0. The zero-order chi connectivity index (χ0) is 17.0. The van der Waals surface area contributed by atoms with Gasteiger partial charge >= 0.3 is 0 Å². The summed E-state index contributed by atoms with van der Waals surface area (Å²) in [6.07, 6.45) is 0.636. The predicted molar refractivity (Wildman–Crippen MR) is 90.9 cm³/mol. The van der Waals surface area contributed by atoms with Crippen LogP contribution in [-0.2, 0) is 11.3 Å². The Balaban J connectivity index is 2.22. The van der Waals surface area contributed by atoms with Gasteiger partial charge in [-0.2, -0.15) is 0 Å². The Bertz CT molecular complexity index is 739. The van der Waals surface area contributed by atoms with Gasteiger partial charge in [0.1, 0.15) is 5.82 Å². The number of hydrogen-bond acceptors (Lipinski definition) is 4. The van der Waals surface area contributed by atoms with Gasteiger partial charge in [-0.3, -0.25) is 9.59 Å². The van der Waals surface area contributed by atoms with Crippen LogP contribution in [0.4, 0.5) is 0 Å². The number of nitrogens with zero attached hydrogens (tertiary/aromatic N) is 2. The van der Waals surface area contributed by atoms with Crippen LogP contribution in [-0.4, -0.2) is 33.4 Å². The Kier molecular flexibility index (Phi) is 5.50. The first-order chi connectivity index (χ1) is 10.9. The van der Waals surface area contributed by atoms with Gasteiger partial charge in [0.2, 0.25) is 5.91 Å². The number of H-pyrrole nitrogens is 1. The Labute approximate surface area is 135 Å². The standard InChI is InChI=1S/C17H24N4O2/c1-4-21(17(23)13(18)9-11(2)3)10-15-19-14-8-6-5-7-12(14)16(22)20-15/h5-8,11,13H,4,9-10,18H2,1-3H3,(H,19,20,22)/t13-/m0/s1. The van der Waals surface area contributed by atoms with E-state index in [-0.39, 0.29) is 18.0 Å². The van der Waals surface area contributed by atoms with Gasteiger partial charge in [0, 0.05) is 6.54 Å². The van der Waals surface area contributed by atoms with E-state index in [1.807, 2.05) is 26.8 Å². The third-order valence-corrected chi connectivity index (χ3v) is 3.74. The molecule has 0 aliphatic carbocycles. The molecule has 6 nitrogen and oxygen atoms in total. The third kappa shape index (κ3) is 4.16. The van der Waals surface area contributed by atoms with Crippen molar-refractivity contribution in [3.63, 3.8) is 0 Å². The molecule has 6 heteroatoms. The Morgan fingerprint density at radius 1 is 1.35 bits per heavy atom. The highest BCUT2D eigenvalue weighted by molar-refractivity contribution is 5.81. The summed E-state index contributed by atoms with van der Waals surface area (Å²) < 4.78 is 0. The molecule has 2 aromatic rings. The van der Waals surface area contributed by atoms with Crippen molar-refractivity contribution in [1.82, 2.24) is 14.9 Å². The zero-order valence-electron chi connectivity index (χ0n) is 13.9. The van der Waals surface area contributed by atoms with E-state index in [0.29, 0.717) is 35.6 Å². The van der Waals surface area contributed by atoms with E-state index >= 15 is 0 Å². The molecule has 0 aliphatic rings. The summed E-state index contributed by atoms with van der Waals surface area (Å²) in [6.45, 7) is 6.72. The summed E-state index contributed by atoms with van der Waals surface area (Å²) in [5, 5.41) is 0.544. The molecule has 1 atom stereocenters. The van der Waals surface area contributed by atoms with Crippen molar-refractivity contribution in [1.29, 1.82) is 0 Å². The molecule has 0 saturated heterocycles. The van der Waals surface area contributed by atoms with Crippen LogP contribution in [0.2, 0.25) is 0 Å². The molecule has 1 aromatic carbocycles. The highest BCUT2D eigenvalue weighted by Crippen LogP contribution is 2.10. The zero-order valence-corrected chi connectivity index (χ0v) is 13.9. The molecule has 0 bridgehead atoms. The number of benzene rings is 1. The third-order valence-electron chi connectivity index (χ3n) is 3.74. The SMILES string of the molecule is CCN(Cc1nc2ccccc2c(=O)[nH]1)C(=O)[C@@H](N)CC(C)C. The van der Waals surface area contributed by atoms with Crippen LogP contribution in [0.3, 0.4) is 0 Å². The molecule has 0 unspecified atom stereocenters. The van der Waals surface area contributed by atoms with E-state index in [1.54, 1.807) is 23.1 Å². The van der Waals surface area contributed by atoms with Crippen LogP contribution in [0.1, 0.15) is 33.0 Å². The van der Waals surface area contributed by atoms with E-state index in [1.165, 1.54) is 0 Å². The van der Waals surface area contributed by atoms with Gasteiger partial charge in [-0.25, -0.2) is 4.98 Å². The number of carbonyl (C=O) groups excluding carboxylic acids is 1. The Morgan fingerprint density at radius 3 is 2.70 bits per heavy atom. The molecule has 0 fully saturated rings. The van der Waals surface area contributed by atoms with Crippen molar-refractivity contribution >= 4 is 16.8 Å². The second-order valence-electron chi connectivity index (χ2n) is 6.12. The van der Waals surface area contributed by atoms with Crippen molar-refractivity contribution in [2.75, 3.05) is 6.54 Å². The van der Waals surface area contributed by atoms with Crippen LogP contribution in [0, 0.1) is 5.92 Å². The number of nitrogens with two attached hydrogens (primary N) is 1. The smallest absolute Gasteiger partial charge is 0.258 e. The summed E-state index contributed by atoms with van der Waals surface area (Å²) in [4.78, 5) is 33.3. The molecule has 1 aromatic heterocycles. The van der Waals surface area contributed by atoms with Gasteiger partial charge in [-0.1, -0.05) is 26.0 Å². The minimum atomic E-state index is -0.526. The maximum Gasteiger partial charge on any atom is 0.258 e. The lowest BCUT2D eigenvalue weighted by molar-refractivity contribution is -0.133. The number of para-hydroxylation sites is 1. The highest BCUT2D eigenvalue weighted by atomic mass is 16.2. The fraction of sp³-hybridized carbons (Fsp3) is 0.471. The lowest BCUT2D eigenvalue weighted by Gasteiger charge is -2.24. The quantitative estimate of drug-likeness (QED) is 0.847. The molecule has 0 saturated carbocycles. The van der Waals surface area contributed by atoms with Gasteiger partial charge in [0.05, 0.1) is 23.5 Å². The van der Waals surface area contributed by atoms with Crippen molar-refractivity contribution in [3.05, 3.63) is 40.4 Å². The van der Waals surface area contributed by atoms with E-state index in [4.69, 9.17) is 5.73 Å². The molecule has 3 N–H and O–H groups in total. The maximum atomic E-state index is 12.4. The van der Waals surface area contributed by atoms with Crippen molar-refractivity contribution in [2.45, 2.75) is 39.8 Å². The summed E-state index contributed by atoms with van der Waals surface area (Å²) in [5.41, 5.74) is 6.42. The number of rotatable bonds is 6. The van der Waals surface area contributed by atoms with E-state index in [0.717, 1.165) is 0 Å². The molecule has 124 valence electrons. The first kappa shape index (κ1) is 17.1. The Hall–Kier alpha value is -2.21. The van der Waals surface area contributed by atoms with Crippen LogP contribution in [0.25, 0.3) is 10.9 Å². The fourth-order valence-corrected chi connectivity index (χ4v) is 2.58. The molecular weight excluding hydrogens is 292 g/mol. The van der Waals surface area contributed by atoms with Gasteiger partial charge in [-0.15, -0.1) is 0 Å². The van der Waals surface area contributed by atoms with Crippen LogP contribution in [0.5, 0.6) is 0 Å². The molecule has 0 spiro atoms. The number of likely N-dealkylation sites (N-methyl/N-ethyl adjacent to an activating group) is 1. The molecule has 23 heavy (non-hydrogen) atoms. The minimum absolute atomic E-state index is 0.114. The molecule has 0 radical (unpaired) electrons. The number of fused-ring (bicyclic) bond motifs is 1. The predicted octanol–water partition coefficient (Wildman–Crippen LogP) is 1.64. The first-order valence-corrected chi connectivity index (χ1v) is 7.94. The number of nitrogens with one attached hydrogen (secondary N) is 1. The van der Waals surface area contributed by atoms with Gasteiger partial charge < -0.3 is 15.6 Å². The number of hydrogen-bond donors (Lipinski definition) is 2. The highest BCUT2D eigenvalue weighted by Gasteiger charge is 2.21. The van der Waals surface area contributed by atoms with Gasteiger partial charge in [0.25, 0.3) is 5.56 Å². The van der Waals surface area contributed by atoms with Gasteiger partial charge in [-0.05, 0) is 31.4 Å². The van der Waals surface area contributed by atoms with Crippen LogP contribution < -0.4 is 11.3 Å². The van der Waals surface area contributed by atoms with Crippen molar-refractivity contribution < 1.29 is 4.79 Å². The van der Waals surface area contributed by atoms with E-state index in [9.17, 15) is 9.59 Å².